The molecule has 5 nitrogen and oxygen atoms in total. The Labute approximate surface area is 113 Å². The maximum Gasteiger partial charge on any atom is 0.230 e. The molecule has 0 amide bonds. The van der Waals surface area contributed by atoms with E-state index < -0.39 is 0 Å². The van der Waals surface area contributed by atoms with Gasteiger partial charge < -0.3 is 15.0 Å². The molecule has 0 bridgehead atoms. The van der Waals surface area contributed by atoms with Crippen molar-refractivity contribution >= 4 is 0 Å². The molecule has 1 aromatic rings. The Balaban J connectivity index is 1.60. The first-order valence-corrected chi connectivity index (χ1v) is 7.37. The van der Waals surface area contributed by atoms with Crippen LogP contribution in [0.15, 0.2) is 4.52 Å². The van der Waals surface area contributed by atoms with Gasteiger partial charge in [-0.25, -0.2) is 0 Å². The lowest BCUT2D eigenvalue weighted by molar-refractivity contribution is 0.0665. The molecule has 0 aromatic carbocycles. The van der Waals surface area contributed by atoms with Gasteiger partial charge in [-0.05, 0) is 38.5 Å². The van der Waals surface area contributed by atoms with Gasteiger partial charge in [-0.3, -0.25) is 0 Å². The molecule has 2 fully saturated rings. The van der Waals surface area contributed by atoms with Gasteiger partial charge in [-0.15, -0.1) is 0 Å². The van der Waals surface area contributed by atoms with Crippen LogP contribution in [0, 0.1) is 11.8 Å². The topological polar surface area (TPSA) is 74.2 Å². The van der Waals surface area contributed by atoms with Crippen LogP contribution < -0.4 is 5.73 Å². The molecule has 0 spiro atoms. The zero-order valence-electron chi connectivity index (χ0n) is 11.7. The highest BCUT2D eigenvalue weighted by Gasteiger charge is 2.54. The molecule has 1 aromatic heterocycles. The van der Waals surface area contributed by atoms with E-state index in [0.717, 1.165) is 17.7 Å². The molecule has 1 heterocycles. The molecule has 3 atom stereocenters. The second kappa shape index (κ2) is 5.21. The van der Waals surface area contributed by atoms with Crippen LogP contribution in [0.3, 0.4) is 0 Å². The monoisotopic (exact) mass is 265 g/mol. The summed E-state index contributed by atoms with van der Waals surface area (Å²) in [4.78, 5) is 4.49. The summed E-state index contributed by atoms with van der Waals surface area (Å²) < 4.78 is 10.9. The molecule has 19 heavy (non-hydrogen) atoms. The minimum Gasteiger partial charge on any atom is -0.377 e. The molecular formula is C14H23N3O2. The van der Waals surface area contributed by atoms with Crippen LogP contribution in [-0.2, 0) is 4.74 Å². The Hall–Kier alpha value is -0.940. The maximum atomic E-state index is 6.01. The third kappa shape index (κ3) is 2.67. The normalized spacial score (nSPS) is 31.3. The zero-order valence-corrected chi connectivity index (χ0v) is 11.7. The average Bonchev–Trinajstić information content (AvgIpc) is 2.93. The number of fused-ring (bicyclic) bond motifs is 1. The molecule has 2 aliphatic rings. The summed E-state index contributed by atoms with van der Waals surface area (Å²) in [7, 11) is 0. The van der Waals surface area contributed by atoms with Gasteiger partial charge in [0.1, 0.15) is 0 Å². The number of nitrogens with zero attached hydrogens (tertiary/aromatic N) is 2. The highest BCUT2D eigenvalue weighted by atomic mass is 16.5. The van der Waals surface area contributed by atoms with Crippen molar-refractivity contribution in [3.05, 3.63) is 11.7 Å². The Morgan fingerprint density at radius 3 is 2.63 bits per heavy atom. The van der Waals surface area contributed by atoms with Crippen molar-refractivity contribution in [1.82, 2.24) is 10.1 Å². The molecule has 3 rings (SSSR count). The van der Waals surface area contributed by atoms with Crippen LogP contribution in [0.4, 0.5) is 0 Å². The second-order valence-corrected chi connectivity index (χ2v) is 6.12. The standard InChI is InChI=1S/C14H23N3O2/c1-8(2)18-7-11(15)13-16-14(19-17-13)12-9-5-3-4-6-10(9)12/h8-12H,3-7,15H2,1-2H3. The lowest BCUT2D eigenvalue weighted by Gasteiger charge is -2.10. The van der Waals surface area contributed by atoms with E-state index in [1.165, 1.54) is 25.7 Å². The van der Waals surface area contributed by atoms with Crippen molar-refractivity contribution in [1.29, 1.82) is 0 Å². The number of nitrogens with two attached hydrogens (primary N) is 1. The van der Waals surface area contributed by atoms with Gasteiger partial charge in [-0.2, -0.15) is 4.98 Å². The Kier molecular flexibility index (Phi) is 3.58. The van der Waals surface area contributed by atoms with E-state index in [1.807, 2.05) is 13.8 Å². The maximum absolute atomic E-state index is 6.01. The predicted molar refractivity (Wildman–Crippen MR) is 70.5 cm³/mol. The third-order valence-corrected chi connectivity index (χ3v) is 4.34. The summed E-state index contributed by atoms with van der Waals surface area (Å²) in [6.45, 7) is 4.42. The largest absolute Gasteiger partial charge is 0.377 e. The van der Waals surface area contributed by atoms with Gasteiger partial charge in [-0.1, -0.05) is 18.0 Å². The van der Waals surface area contributed by atoms with Crippen molar-refractivity contribution in [3.8, 4) is 0 Å². The van der Waals surface area contributed by atoms with E-state index in [1.54, 1.807) is 0 Å². The molecule has 3 unspecified atom stereocenters. The highest BCUT2D eigenvalue weighted by molar-refractivity contribution is 5.15. The number of hydrogen-bond donors (Lipinski definition) is 1. The van der Waals surface area contributed by atoms with Crippen LogP contribution in [0.1, 0.15) is 63.2 Å². The van der Waals surface area contributed by atoms with Gasteiger partial charge in [0.2, 0.25) is 5.89 Å². The third-order valence-electron chi connectivity index (χ3n) is 4.34. The second-order valence-electron chi connectivity index (χ2n) is 6.12. The lowest BCUT2D eigenvalue weighted by atomic mass is 10.0. The lowest BCUT2D eigenvalue weighted by Crippen LogP contribution is -2.20. The van der Waals surface area contributed by atoms with Crippen molar-refractivity contribution < 1.29 is 9.26 Å². The zero-order chi connectivity index (χ0) is 13.4. The number of ether oxygens (including phenoxy) is 1. The minimum atomic E-state index is -0.291. The summed E-state index contributed by atoms with van der Waals surface area (Å²) in [5.41, 5.74) is 6.01. The summed E-state index contributed by atoms with van der Waals surface area (Å²) in [5.74, 6) is 3.45. The van der Waals surface area contributed by atoms with Crippen LogP contribution in [-0.4, -0.2) is 22.9 Å². The van der Waals surface area contributed by atoms with E-state index in [4.69, 9.17) is 15.0 Å². The Morgan fingerprint density at radius 2 is 2.00 bits per heavy atom. The van der Waals surface area contributed by atoms with Crippen molar-refractivity contribution in [2.45, 2.75) is 57.6 Å². The van der Waals surface area contributed by atoms with E-state index in [9.17, 15) is 0 Å². The quantitative estimate of drug-likeness (QED) is 0.884. The van der Waals surface area contributed by atoms with Crippen molar-refractivity contribution in [3.63, 3.8) is 0 Å². The number of hydrogen-bond acceptors (Lipinski definition) is 5. The van der Waals surface area contributed by atoms with Crippen molar-refractivity contribution in [2.24, 2.45) is 17.6 Å². The fourth-order valence-corrected chi connectivity index (χ4v) is 3.26. The fourth-order valence-electron chi connectivity index (χ4n) is 3.26. The first kappa shape index (κ1) is 13.1. The summed E-state index contributed by atoms with van der Waals surface area (Å²) in [5, 5.41) is 4.02. The Bertz CT molecular complexity index is 420. The number of rotatable bonds is 5. The van der Waals surface area contributed by atoms with Gasteiger partial charge in [0.25, 0.3) is 0 Å². The molecule has 2 aliphatic carbocycles. The first-order valence-electron chi connectivity index (χ1n) is 7.37. The predicted octanol–water partition coefficient (Wildman–Crippen LogP) is 2.40. The summed E-state index contributed by atoms with van der Waals surface area (Å²) >= 11 is 0. The van der Waals surface area contributed by atoms with Crippen LogP contribution >= 0.6 is 0 Å². The van der Waals surface area contributed by atoms with E-state index in [2.05, 4.69) is 10.1 Å². The van der Waals surface area contributed by atoms with Gasteiger partial charge >= 0.3 is 0 Å². The Morgan fingerprint density at radius 1 is 1.32 bits per heavy atom. The van der Waals surface area contributed by atoms with E-state index in [-0.39, 0.29) is 12.1 Å². The smallest absolute Gasteiger partial charge is 0.230 e. The molecular weight excluding hydrogens is 242 g/mol. The van der Waals surface area contributed by atoms with Gasteiger partial charge in [0.15, 0.2) is 5.82 Å². The van der Waals surface area contributed by atoms with Crippen LogP contribution in [0.5, 0.6) is 0 Å². The minimum absolute atomic E-state index is 0.170. The SMILES string of the molecule is CC(C)OCC(N)c1noc(C2C3CCCCC32)n1. The fraction of sp³-hybridized carbons (Fsp3) is 0.857. The molecule has 0 saturated heterocycles. The molecule has 2 N–H and O–H groups in total. The summed E-state index contributed by atoms with van der Waals surface area (Å²) in [6, 6.07) is -0.291. The summed E-state index contributed by atoms with van der Waals surface area (Å²) in [6.07, 6.45) is 5.50. The van der Waals surface area contributed by atoms with E-state index >= 15 is 0 Å². The van der Waals surface area contributed by atoms with Gasteiger partial charge in [0.05, 0.1) is 18.8 Å². The first-order chi connectivity index (χ1) is 9.16. The molecule has 2 saturated carbocycles. The van der Waals surface area contributed by atoms with Gasteiger partial charge in [0, 0.05) is 5.92 Å². The van der Waals surface area contributed by atoms with Crippen molar-refractivity contribution in [2.75, 3.05) is 6.61 Å². The van der Waals surface area contributed by atoms with E-state index in [0.29, 0.717) is 18.3 Å². The molecule has 0 aliphatic heterocycles. The highest BCUT2D eigenvalue weighted by Crippen LogP contribution is 2.60. The molecule has 106 valence electrons. The molecule has 5 heteroatoms. The average molecular weight is 265 g/mol. The number of aromatic nitrogens is 2. The van der Waals surface area contributed by atoms with Crippen LogP contribution in [0.2, 0.25) is 0 Å². The van der Waals surface area contributed by atoms with Crippen LogP contribution in [0.25, 0.3) is 0 Å². The molecule has 0 radical (unpaired) electrons.